The predicted octanol–water partition coefficient (Wildman–Crippen LogP) is 1.65. The normalized spacial score (nSPS) is 10.2. The molecule has 6 heteroatoms. The molecular weight excluding hydrogens is 238 g/mol. The second kappa shape index (κ2) is 5.60. The Morgan fingerprint density at radius 1 is 1.47 bits per heavy atom. The summed E-state index contributed by atoms with van der Waals surface area (Å²) in [5.41, 5.74) is 1.61. The van der Waals surface area contributed by atoms with Crippen molar-refractivity contribution < 1.29 is 9.84 Å². The summed E-state index contributed by atoms with van der Waals surface area (Å²) in [5.74, 6) is 0.714. The fraction of sp³-hybridized carbons (Fsp3) is 0.273. The van der Waals surface area contributed by atoms with Gasteiger partial charge < -0.3 is 15.2 Å². The maximum atomic E-state index is 9.01. The minimum Gasteiger partial charge on any atom is -0.487 e. The number of hydrogen-bond acceptors (Lipinski definition) is 6. The van der Waals surface area contributed by atoms with Crippen LogP contribution in [0.15, 0.2) is 24.3 Å². The van der Waals surface area contributed by atoms with Gasteiger partial charge in [0, 0.05) is 18.6 Å². The van der Waals surface area contributed by atoms with Gasteiger partial charge in [-0.1, -0.05) is 16.6 Å². The Hall–Kier alpha value is -1.66. The molecule has 0 atom stereocenters. The molecule has 2 rings (SSSR count). The Morgan fingerprint density at radius 2 is 2.35 bits per heavy atom. The summed E-state index contributed by atoms with van der Waals surface area (Å²) in [6.45, 7) is 0.374. The van der Waals surface area contributed by atoms with Gasteiger partial charge in [-0.15, -0.1) is 5.10 Å². The van der Waals surface area contributed by atoms with Crippen LogP contribution in [-0.2, 0) is 13.2 Å². The van der Waals surface area contributed by atoms with Gasteiger partial charge in [-0.25, -0.2) is 0 Å². The van der Waals surface area contributed by atoms with Gasteiger partial charge in [-0.3, -0.25) is 0 Å². The van der Waals surface area contributed by atoms with Crippen molar-refractivity contribution in [3.05, 3.63) is 35.5 Å². The zero-order valence-electron chi connectivity index (χ0n) is 9.38. The number of aromatic nitrogens is 2. The molecule has 0 radical (unpaired) electrons. The molecule has 90 valence electrons. The quantitative estimate of drug-likeness (QED) is 0.845. The molecule has 0 aliphatic rings. The number of nitrogens with one attached hydrogen (secondary N) is 1. The van der Waals surface area contributed by atoms with E-state index in [0.29, 0.717) is 12.4 Å². The van der Waals surface area contributed by atoms with Crippen molar-refractivity contribution in [1.82, 2.24) is 9.59 Å². The van der Waals surface area contributed by atoms with Gasteiger partial charge in [0.1, 0.15) is 23.1 Å². The average Bonchev–Trinajstić information content (AvgIpc) is 2.84. The highest BCUT2D eigenvalue weighted by atomic mass is 32.1. The van der Waals surface area contributed by atoms with Crippen molar-refractivity contribution >= 4 is 16.5 Å². The van der Waals surface area contributed by atoms with Crippen LogP contribution >= 0.6 is 11.5 Å². The van der Waals surface area contributed by atoms with E-state index in [2.05, 4.69) is 14.9 Å². The smallest absolute Gasteiger partial charge is 0.136 e. The molecule has 1 aromatic heterocycles. The van der Waals surface area contributed by atoms with Gasteiger partial charge in [0.2, 0.25) is 0 Å². The van der Waals surface area contributed by atoms with Crippen LogP contribution in [0.5, 0.6) is 5.75 Å². The number of aliphatic hydroxyl groups excluding tert-OH is 1. The van der Waals surface area contributed by atoms with Crippen LogP contribution in [0, 0.1) is 0 Å². The van der Waals surface area contributed by atoms with Gasteiger partial charge in [-0.05, 0) is 17.7 Å². The molecule has 0 saturated heterocycles. The molecule has 0 unspecified atom stereocenters. The van der Waals surface area contributed by atoms with E-state index in [0.717, 1.165) is 16.3 Å². The highest BCUT2D eigenvalue weighted by molar-refractivity contribution is 7.10. The zero-order valence-corrected chi connectivity index (χ0v) is 10.2. The molecule has 0 fully saturated rings. The van der Waals surface area contributed by atoms with Crippen LogP contribution in [0.2, 0.25) is 0 Å². The van der Waals surface area contributed by atoms with Crippen molar-refractivity contribution in [3.8, 4) is 5.75 Å². The number of nitrogens with zero attached hydrogens (tertiary/aromatic N) is 2. The topological polar surface area (TPSA) is 67.3 Å². The Labute approximate surface area is 103 Å². The first-order valence-electron chi connectivity index (χ1n) is 5.15. The molecule has 0 aliphatic carbocycles. The fourth-order valence-corrected chi connectivity index (χ4v) is 1.90. The standard InChI is InChI=1S/C11H13N3O2S/c1-12-11-10(13-14-17-11)7-16-9-4-2-3-8(5-9)6-15/h2-5,12,15H,6-7H2,1H3. The third-order valence-electron chi connectivity index (χ3n) is 2.24. The van der Waals surface area contributed by atoms with E-state index >= 15 is 0 Å². The van der Waals surface area contributed by atoms with Gasteiger partial charge in [0.05, 0.1) is 6.61 Å². The molecule has 1 heterocycles. The van der Waals surface area contributed by atoms with Crippen LogP contribution in [-0.4, -0.2) is 21.7 Å². The van der Waals surface area contributed by atoms with Crippen molar-refractivity contribution in [2.75, 3.05) is 12.4 Å². The lowest BCUT2D eigenvalue weighted by molar-refractivity contribution is 0.277. The lowest BCUT2D eigenvalue weighted by atomic mass is 10.2. The van der Waals surface area contributed by atoms with Crippen molar-refractivity contribution in [3.63, 3.8) is 0 Å². The van der Waals surface area contributed by atoms with Crippen LogP contribution in [0.4, 0.5) is 5.00 Å². The average molecular weight is 251 g/mol. The molecule has 0 bridgehead atoms. The molecule has 0 saturated carbocycles. The van der Waals surface area contributed by atoms with Gasteiger partial charge in [0.15, 0.2) is 0 Å². The predicted molar refractivity (Wildman–Crippen MR) is 66.2 cm³/mol. The lowest BCUT2D eigenvalue weighted by Gasteiger charge is -2.06. The highest BCUT2D eigenvalue weighted by Crippen LogP contribution is 2.20. The number of hydrogen-bond donors (Lipinski definition) is 2. The van der Waals surface area contributed by atoms with Crippen LogP contribution in [0.1, 0.15) is 11.3 Å². The first-order chi connectivity index (χ1) is 8.33. The van der Waals surface area contributed by atoms with E-state index in [9.17, 15) is 0 Å². The second-order valence-electron chi connectivity index (χ2n) is 3.39. The van der Waals surface area contributed by atoms with E-state index in [1.165, 1.54) is 11.5 Å². The summed E-state index contributed by atoms with van der Waals surface area (Å²) in [6, 6.07) is 7.34. The van der Waals surface area contributed by atoms with E-state index < -0.39 is 0 Å². The summed E-state index contributed by atoms with van der Waals surface area (Å²) in [4.78, 5) is 0. The third-order valence-corrected chi connectivity index (χ3v) is 3.03. The molecule has 0 aliphatic heterocycles. The van der Waals surface area contributed by atoms with E-state index in [-0.39, 0.29) is 6.61 Å². The molecule has 0 amide bonds. The van der Waals surface area contributed by atoms with Gasteiger partial charge in [-0.2, -0.15) is 0 Å². The highest BCUT2D eigenvalue weighted by Gasteiger charge is 2.06. The Balaban J connectivity index is 2.02. The number of ether oxygens (including phenoxy) is 1. The van der Waals surface area contributed by atoms with E-state index in [1.807, 2.05) is 25.2 Å². The second-order valence-corrected chi connectivity index (χ2v) is 4.15. The molecular formula is C11H13N3O2S. The molecule has 17 heavy (non-hydrogen) atoms. The number of benzene rings is 1. The summed E-state index contributed by atoms with van der Waals surface area (Å²) in [7, 11) is 1.82. The zero-order chi connectivity index (χ0) is 12.1. The van der Waals surface area contributed by atoms with E-state index in [1.54, 1.807) is 6.07 Å². The summed E-state index contributed by atoms with van der Waals surface area (Å²) >= 11 is 1.30. The van der Waals surface area contributed by atoms with Crippen molar-refractivity contribution in [1.29, 1.82) is 0 Å². The Bertz CT molecular complexity index is 487. The van der Waals surface area contributed by atoms with Crippen molar-refractivity contribution in [2.45, 2.75) is 13.2 Å². The monoisotopic (exact) mass is 251 g/mol. The fourth-order valence-electron chi connectivity index (χ4n) is 1.38. The number of aliphatic hydroxyl groups is 1. The van der Waals surface area contributed by atoms with Gasteiger partial charge in [0.25, 0.3) is 0 Å². The SMILES string of the molecule is CNc1snnc1COc1cccc(CO)c1. The Kier molecular flexibility index (Phi) is 3.89. The third kappa shape index (κ3) is 2.92. The summed E-state index contributed by atoms with van der Waals surface area (Å²) in [6.07, 6.45) is 0. The molecule has 1 aromatic carbocycles. The maximum Gasteiger partial charge on any atom is 0.136 e. The van der Waals surface area contributed by atoms with Crippen LogP contribution in [0.3, 0.4) is 0 Å². The first kappa shape index (κ1) is 11.8. The first-order valence-corrected chi connectivity index (χ1v) is 5.92. The molecule has 2 aromatic rings. The molecule has 0 spiro atoms. The minimum atomic E-state index is 0.0111. The van der Waals surface area contributed by atoms with E-state index in [4.69, 9.17) is 9.84 Å². The minimum absolute atomic E-state index is 0.0111. The largest absolute Gasteiger partial charge is 0.487 e. The van der Waals surface area contributed by atoms with Crippen LogP contribution < -0.4 is 10.1 Å². The maximum absolute atomic E-state index is 9.01. The summed E-state index contributed by atoms with van der Waals surface area (Å²) in [5, 5.41) is 16.9. The van der Waals surface area contributed by atoms with Gasteiger partial charge >= 0.3 is 0 Å². The summed E-state index contributed by atoms with van der Waals surface area (Å²) < 4.78 is 9.44. The Morgan fingerprint density at radius 3 is 3.12 bits per heavy atom. The van der Waals surface area contributed by atoms with Crippen molar-refractivity contribution in [2.24, 2.45) is 0 Å². The number of rotatable bonds is 5. The molecule has 2 N–H and O–H groups in total. The lowest BCUT2D eigenvalue weighted by Crippen LogP contribution is -1.99. The van der Waals surface area contributed by atoms with Crippen LogP contribution in [0.25, 0.3) is 0 Å². The number of anilines is 1. The molecule has 5 nitrogen and oxygen atoms in total.